The third kappa shape index (κ3) is 3.68. The summed E-state index contributed by atoms with van der Waals surface area (Å²) >= 11 is 0. The van der Waals surface area contributed by atoms with Gasteiger partial charge in [0.2, 0.25) is 0 Å². The van der Waals surface area contributed by atoms with E-state index in [9.17, 15) is 9.59 Å². The number of nitrogens with two attached hydrogens (primary N) is 1. The van der Waals surface area contributed by atoms with Crippen LogP contribution in [0, 0.1) is 0 Å². The third-order valence-corrected chi connectivity index (χ3v) is 1.81. The van der Waals surface area contributed by atoms with Crippen molar-refractivity contribution in [1.29, 1.82) is 0 Å². The van der Waals surface area contributed by atoms with Crippen LogP contribution < -0.4 is 11.2 Å². The van der Waals surface area contributed by atoms with Crippen molar-refractivity contribution in [2.45, 2.75) is 6.54 Å². The van der Waals surface area contributed by atoms with Gasteiger partial charge in [-0.15, -0.1) is 0 Å². The Bertz CT molecular complexity index is 375. The van der Waals surface area contributed by atoms with Crippen molar-refractivity contribution < 1.29 is 19.5 Å². The number of hydrogen-bond acceptors (Lipinski definition) is 4. The van der Waals surface area contributed by atoms with E-state index in [1.54, 1.807) is 24.3 Å². The predicted molar refractivity (Wildman–Crippen MR) is 55.4 cm³/mol. The molecule has 4 N–H and O–H groups in total. The summed E-state index contributed by atoms with van der Waals surface area (Å²) in [7, 11) is 0. The summed E-state index contributed by atoms with van der Waals surface area (Å²) in [6, 6.07) is 6.60. The molecule has 0 unspecified atom stereocenters. The van der Waals surface area contributed by atoms with Gasteiger partial charge in [-0.25, -0.2) is 10.3 Å². The van der Waals surface area contributed by atoms with Gasteiger partial charge in [-0.2, -0.15) is 0 Å². The van der Waals surface area contributed by atoms with E-state index < -0.39 is 18.5 Å². The minimum Gasteiger partial charge on any atom is -0.479 e. The van der Waals surface area contributed by atoms with Crippen LogP contribution in [0.15, 0.2) is 24.3 Å². The fourth-order valence-electron chi connectivity index (χ4n) is 1.01. The molecule has 0 bridgehead atoms. The van der Waals surface area contributed by atoms with Crippen molar-refractivity contribution >= 4 is 11.9 Å². The third-order valence-electron chi connectivity index (χ3n) is 1.81. The molecular weight excluding hydrogens is 212 g/mol. The molecule has 16 heavy (non-hydrogen) atoms. The van der Waals surface area contributed by atoms with Crippen molar-refractivity contribution in [3.63, 3.8) is 0 Å². The first-order valence-electron chi connectivity index (χ1n) is 4.56. The molecule has 0 fully saturated rings. The maximum atomic E-state index is 11.4. The Hall–Kier alpha value is -1.92. The van der Waals surface area contributed by atoms with Crippen LogP contribution in [0.25, 0.3) is 0 Å². The van der Waals surface area contributed by atoms with E-state index in [0.29, 0.717) is 12.1 Å². The number of aliphatic carboxylic acids is 1. The maximum absolute atomic E-state index is 11.4. The normalized spacial score (nSPS) is 9.81. The van der Waals surface area contributed by atoms with E-state index in [-0.39, 0.29) is 0 Å². The monoisotopic (exact) mass is 224 g/mol. The first kappa shape index (κ1) is 12.2. The maximum Gasteiger partial charge on any atom is 0.332 e. The number of hydroxylamine groups is 1. The first-order chi connectivity index (χ1) is 7.63. The number of amides is 1. The second-order valence-electron chi connectivity index (χ2n) is 3.01. The molecule has 86 valence electrons. The lowest BCUT2D eigenvalue weighted by atomic mass is 10.1. The molecule has 0 heterocycles. The molecule has 0 radical (unpaired) electrons. The molecule has 6 heteroatoms. The molecule has 1 amide bonds. The van der Waals surface area contributed by atoms with Crippen molar-refractivity contribution in [2.75, 3.05) is 6.61 Å². The fourth-order valence-corrected chi connectivity index (χ4v) is 1.01. The number of carbonyl (C=O) groups excluding carboxylic acids is 1. The zero-order valence-electron chi connectivity index (χ0n) is 8.47. The Morgan fingerprint density at radius 2 is 1.94 bits per heavy atom. The minimum atomic E-state index is -1.15. The highest BCUT2D eigenvalue weighted by Crippen LogP contribution is 2.03. The Balaban J connectivity index is 2.49. The standard InChI is InChI=1S/C10H12N2O4/c11-5-7-1-3-8(4-2-7)10(15)12-16-6-9(13)14/h1-4H,5-6,11H2,(H,12,15)(H,13,14). The Morgan fingerprint density at radius 1 is 1.31 bits per heavy atom. The van der Waals surface area contributed by atoms with Gasteiger partial charge in [-0.1, -0.05) is 12.1 Å². The molecule has 0 aliphatic heterocycles. The molecule has 0 saturated heterocycles. The smallest absolute Gasteiger partial charge is 0.332 e. The van der Waals surface area contributed by atoms with Gasteiger partial charge >= 0.3 is 5.97 Å². The summed E-state index contributed by atoms with van der Waals surface area (Å²) in [5.74, 6) is -1.65. The van der Waals surface area contributed by atoms with Crippen molar-refractivity contribution in [2.24, 2.45) is 5.73 Å². The number of rotatable bonds is 5. The van der Waals surface area contributed by atoms with Gasteiger partial charge in [0.15, 0.2) is 6.61 Å². The molecule has 1 aromatic rings. The second-order valence-corrected chi connectivity index (χ2v) is 3.01. The molecule has 6 nitrogen and oxygen atoms in total. The average molecular weight is 224 g/mol. The zero-order valence-corrected chi connectivity index (χ0v) is 8.47. The quantitative estimate of drug-likeness (QED) is 0.606. The topological polar surface area (TPSA) is 102 Å². The van der Waals surface area contributed by atoms with Gasteiger partial charge < -0.3 is 10.8 Å². The zero-order chi connectivity index (χ0) is 12.0. The van der Waals surface area contributed by atoms with Gasteiger partial charge in [0.1, 0.15) is 0 Å². The summed E-state index contributed by atoms with van der Waals surface area (Å²) in [6.45, 7) is -0.177. The first-order valence-corrected chi connectivity index (χ1v) is 4.56. The molecule has 0 aliphatic carbocycles. The van der Waals surface area contributed by atoms with Crippen LogP contribution in [-0.4, -0.2) is 23.6 Å². The van der Waals surface area contributed by atoms with Crippen LogP contribution in [0.5, 0.6) is 0 Å². The van der Waals surface area contributed by atoms with Crippen molar-refractivity contribution in [3.8, 4) is 0 Å². The van der Waals surface area contributed by atoms with Crippen LogP contribution in [0.2, 0.25) is 0 Å². The minimum absolute atomic E-state index is 0.377. The number of carboxylic acid groups (broad SMARTS) is 1. The Morgan fingerprint density at radius 3 is 2.44 bits per heavy atom. The van der Waals surface area contributed by atoms with E-state index >= 15 is 0 Å². The largest absolute Gasteiger partial charge is 0.479 e. The Labute approximate surface area is 92.0 Å². The SMILES string of the molecule is NCc1ccc(C(=O)NOCC(=O)O)cc1. The van der Waals surface area contributed by atoms with Crippen molar-refractivity contribution in [3.05, 3.63) is 35.4 Å². The van der Waals surface area contributed by atoms with Crippen LogP contribution >= 0.6 is 0 Å². The molecule has 0 atom stereocenters. The average Bonchev–Trinajstić information content (AvgIpc) is 2.28. The summed E-state index contributed by atoms with van der Waals surface area (Å²) in [5.41, 5.74) is 8.70. The van der Waals surface area contributed by atoms with Gasteiger partial charge in [0, 0.05) is 12.1 Å². The molecule has 0 aromatic heterocycles. The Kier molecular flexibility index (Phi) is 4.43. The van der Waals surface area contributed by atoms with E-state index in [1.165, 1.54) is 0 Å². The lowest BCUT2D eigenvalue weighted by Crippen LogP contribution is -2.26. The second kappa shape index (κ2) is 5.84. The predicted octanol–water partition coefficient (Wildman–Crippen LogP) is -0.109. The highest BCUT2D eigenvalue weighted by Gasteiger charge is 2.05. The van der Waals surface area contributed by atoms with Crippen molar-refractivity contribution in [1.82, 2.24) is 5.48 Å². The summed E-state index contributed by atoms with van der Waals surface area (Å²) in [6.07, 6.45) is 0. The number of hydrogen-bond donors (Lipinski definition) is 3. The van der Waals surface area contributed by atoms with E-state index in [4.69, 9.17) is 10.8 Å². The lowest BCUT2D eigenvalue weighted by molar-refractivity contribution is -0.144. The summed E-state index contributed by atoms with van der Waals surface area (Å²) in [4.78, 5) is 25.9. The number of carboxylic acids is 1. The van der Waals surface area contributed by atoms with Gasteiger partial charge in [0.25, 0.3) is 5.91 Å². The molecule has 0 saturated carbocycles. The molecule has 1 aromatic carbocycles. The lowest BCUT2D eigenvalue weighted by Gasteiger charge is -2.04. The number of carbonyl (C=O) groups is 2. The van der Waals surface area contributed by atoms with Gasteiger partial charge in [-0.05, 0) is 17.7 Å². The van der Waals surface area contributed by atoms with E-state index in [2.05, 4.69) is 4.84 Å². The highest BCUT2D eigenvalue weighted by molar-refractivity contribution is 5.93. The van der Waals surface area contributed by atoms with Crippen LogP contribution in [0.3, 0.4) is 0 Å². The number of nitrogens with one attached hydrogen (secondary N) is 1. The number of benzene rings is 1. The fraction of sp³-hybridized carbons (Fsp3) is 0.200. The highest BCUT2D eigenvalue weighted by atomic mass is 16.7. The summed E-state index contributed by atoms with van der Waals surface area (Å²) in [5, 5.41) is 8.28. The van der Waals surface area contributed by atoms with Crippen LogP contribution in [-0.2, 0) is 16.2 Å². The molecule has 1 rings (SSSR count). The van der Waals surface area contributed by atoms with Crippen LogP contribution in [0.4, 0.5) is 0 Å². The van der Waals surface area contributed by atoms with Gasteiger partial charge in [-0.3, -0.25) is 9.63 Å². The van der Waals surface area contributed by atoms with E-state index in [0.717, 1.165) is 5.56 Å². The van der Waals surface area contributed by atoms with Gasteiger partial charge in [0.05, 0.1) is 0 Å². The van der Waals surface area contributed by atoms with E-state index in [1.807, 2.05) is 5.48 Å². The molecule has 0 aliphatic rings. The molecule has 0 spiro atoms. The van der Waals surface area contributed by atoms with Crippen LogP contribution in [0.1, 0.15) is 15.9 Å². The summed E-state index contributed by atoms with van der Waals surface area (Å²) < 4.78 is 0. The molecular formula is C10H12N2O4.